The van der Waals surface area contributed by atoms with Crippen molar-refractivity contribution in [2.75, 3.05) is 10.6 Å². The van der Waals surface area contributed by atoms with Crippen LogP contribution in [0.4, 0.5) is 15.8 Å². The fraction of sp³-hybridized carbons (Fsp3) is 0. The van der Waals surface area contributed by atoms with Gasteiger partial charge >= 0.3 is 0 Å². The SMILES string of the molecule is C=CC(=O)Nc1ccc(C(=O)Nc2ccc(F)cc2I)cc1. The maximum absolute atomic E-state index is 13.0. The number of hydrogen-bond acceptors (Lipinski definition) is 2. The van der Waals surface area contributed by atoms with Gasteiger partial charge in [-0.25, -0.2) is 4.39 Å². The number of hydrogen-bond donors (Lipinski definition) is 2. The number of rotatable bonds is 4. The summed E-state index contributed by atoms with van der Waals surface area (Å²) in [5, 5.41) is 5.30. The summed E-state index contributed by atoms with van der Waals surface area (Å²) in [6.45, 7) is 3.36. The van der Waals surface area contributed by atoms with Crippen LogP contribution in [0.1, 0.15) is 10.4 Å². The van der Waals surface area contributed by atoms with Crippen LogP contribution in [0.15, 0.2) is 55.1 Å². The van der Waals surface area contributed by atoms with E-state index in [4.69, 9.17) is 0 Å². The van der Waals surface area contributed by atoms with Gasteiger partial charge in [0.25, 0.3) is 5.91 Å². The Morgan fingerprint density at radius 3 is 2.36 bits per heavy atom. The average Bonchev–Trinajstić information content (AvgIpc) is 2.50. The van der Waals surface area contributed by atoms with Crippen LogP contribution >= 0.6 is 22.6 Å². The van der Waals surface area contributed by atoms with E-state index in [0.29, 0.717) is 20.5 Å². The van der Waals surface area contributed by atoms with Gasteiger partial charge in [-0.3, -0.25) is 9.59 Å². The molecule has 2 N–H and O–H groups in total. The molecule has 0 bridgehead atoms. The van der Waals surface area contributed by atoms with Crippen molar-refractivity contribution in [2.45, 2.75) is 0 Å². The molecule has 0 heterocycles. The minimum atomic E-state index is -0.357. The molecule has 6 heteroatoms. The molecule has 2 amide bonds. The minimum absolute atomic E-state index is 0.314. The lowest BCUT2D eigenvalue weighted by molar-refractivity contribution is -0.111. The Bertz CT molecular complexity index is 729. The van der Waals surface area contributed by atoms with Gasteiger partial charge in [0, 0.05) is 14.8 Å². The van der Waals surface area contributed by atoms with Crippen LogP contribution in [0.25, 0.3) is 0 Å². The number of anilines is 2. The lowest BCUT2D eigenvalue weighted by Crippen LogP contribution is -2.13. The summed E-state index contributed by atoms with van der Waals surface area (Å²) in [6.07, 6.45) is 1.16. The van der Waals surface area contributed by atoms with Crippen LogP contribution in [0.3, 0.4) is 0 Å². The Labute approximate surface area is 140 Å². The molecule has 4 nitrogen and oxygen atoms in total. The molecule has 0 aliphatic carbocycles. The molecule has 2 aromatic carbocycles. The summed E-state index contributed by atoms with van der Waals surface area (Å²) in [7, 11) is 0. The number of carbonyl (C=O) groups excluding carboxylic acids is 2. The van der Waals surface area contributed by atoms with Crippen molar-refractivity contribution in [3.05, 3.63) is 70.1 Å². The largest absolute Gasteiger partial charge is 0.323 e. The first kappa shape index (κ1) is 16.2. The smallest absolute Gasteiger partial charge is 0.255 e. The van der Waals surface area contributed by atoms with Crippen LogP contribution in [0.5, 0.6) is 0 Å². The molecule has 0 saturated carbocycles. The molecule has 0 aliphatic heterocycles. The van der Waals surface area contributed by atoms with E-state index in [2.05, 4.69) is 17.2 Å². The van der Waals surface area contributed by atoms with E-state index >= 15 is 0 Å². The maximum atomic E-state index is 13.0. The molecule has 112 valence electrons. The van der Waals surface area contributed by atoms with Crippen LogP contribution in [0, 0.1) is 9.39 Å². The summed E-state index contributed by atoms with van der Waals surface area (Å²) < 4.78 is 13.6. The molecular weight excluding hydrogens is 398 g/mol. The van der Waals surface area contributed by atoms with Crippen molar-refractivity contribution in [1.82, 2.24) is 0 Å². The van der Waals surface area contributed by atoms with Gasteiger partial charge in [-0.05, 0) is 71.1 Å². The second-order valence-electron chi connectivity index (χ2n) is 4.35. The summed E-state index contributed by atoms with van der Waals surface area (Å²) in [4.78, 5) is 23.3. The first-order valence-electron chi connectivity index (χ1n) is 6.29. The van der Waals surface area contributed by atoms with Gasteiger partial charge in [0.05, 0.1) is 5.69 Å². The highest BCUT2D eigenvalue weighted by Gasteiger charge is 2.09. The number of amides is 2. The van der Waals surface area contributed by atoms with Gasteiger partial charge in [-0.2, -0.15) is 0 Å². The van der Waals surface area contributed by atoms with Crippen LogP contribution in [0.2, 0.25) is 0 Å². The summed E-state index contributed by atoms with van der Waals surface area (Å²) in [5.41, 5.74) is 1.53. The van der Waals surface area contributed by atoms with Crippen molar-refractivity contribution in [2.24, 2.45) is 0 Å². The predicted octanol–water partition coefficient (Wildman–Crippen LogP) is 3.81. The molecule has 0 saturated heterocycles. The second kappa shape index (κ2) is 7.17. The maximum Gasteiger partial charge on any atom is 0.255 e. The molecular formula is C16H12FIN2O2. The Balaban J connectivity index is 2.09. The van der Waals surface area contributed by atoms with Gasteiger partial charge in [0.1, 0.15) is 5.82 Å². The first-order chi connectivity index (χ1) is 10.5. The van der Waals surface area contributed by atoms with Crippen molar-refractivity contribution < 1.29 is 14.0 Å². The standard InChI is InChI=1S/C16H12FIN2O2/c1-2-15(21)19-12-6-3-10(4-7-12)16(22)20-14-8-5-11(17)9-13(14)18/h2-9H,1H2,(H,19,21)(H,20,22). The van der Waals surface area contributed by atoms with Crippen LogP contribution in [-0.4, -0.2) is 11.8 Å². The third-order valence-electron chi connectivity index (χ3n) is 2.78. The van der Waals surface area contributed by atoms with Crippen LogP contribution < -0.4 is 10.6 Å². The number of halogens is 2. The van der Waals surface area contributed by atoms with Crippen molar-refractivity contribution in [1.29, 1.82) is 0 Å². The summed E-state index contributed by atoms with van der Waals surface area (Å²) in [6, 6.07) is 10.5. The molecule has 22 heavy (non-hydrogen) atoms. The third kappa shape index (κ3) is 4.14. The van der Waals surface area contributed by atoms with E-state index in [0.717, 1.165) is 6.08 Å². The summed E-state index contributed by atoms with van der Waals surface area (Å²) >= 11 is 1.95. The Hall–Kier alpha value is -2.22. The minimum Gasteiger partial charge on any atom is -0.323 e. The Morgan fingerprint density at radius 2 is 1.77 bits per heavy atom. The van der Waals surface area contributed by atoms with E-state index in [-0.39, 0.29) is 17.6 Å². The van der Waals surface area contributed by atoms with E-state index in [1.54, 1.807) is 24.3 Å². The van der Waals surface area contributed by atoms with E-state index in [9.17, 15) is 14.0 Å². The highest BCUT2D eigenvalue weighted by Crippen LogP contribution is 2.20. The van der Waals surface area contributed by atoms with Crippen LogP contribution in [-0.2, 0) is 4.79 Å². The van der Waals surface area contributed by atoms with E-state index in [1.807, 2.05) is 22.6 Å². The third-order valence-corrected chi connectivity index (χ3v) is 3.67. The van der Waals surface area contributed by atoms with Gasteiger partial charge < -0.3 is 10.6 Å². The molecule has 0 aromatic heterocycles. The lowest BCUT2D eigenvalue weighted by Gasteiger charge is -2.08. The second-order valence-corrected chi connectivity index (χ2v) is 5.51. The molecule has 0 spiro atoms. The lowest BCUT2D eigenvalue weighted by atomic mass is 10.2. The Kier molecular flexibility index (Phi) is 5.26. The van der Waals surface area contributed by atoms with Crippen molar-refractivity contribution in [3.8, 4) is 0 Å². The van der Waals surface area contributed by atoms with E-state index in [1.165, 1.54) is 18.2 Å². The average molecular weight is 410 g/mol. The van der Waals surface area contributed by atoms with Crippen molar-refractivity contribution in [3.63, 3.8) is 0 Å². The Morgan fingerprint density at radius 1 is 1.09 bits per heavy atom. The predicted molar refractivity (Wildman–Crippen MR) is 92.3 cm³/mol. The first-order valence-corrected chi connectivity index (χ1v) is 7.37. The molecule has 2 rings (SSSR count). The molecule has 0 atom stereocenters. The van der Waals surface area contributed by atoms with Gasteiger partial charge in [0.15, 0.2) is 0 Å². The highest BCUT2D eigenvalue weighted by molar-refractivity contribution is 14.1. The zero-order chi connectivity index (χ0) is 16.1. The molecule has 2 aromatic rings. The van der Waals surface area contributed by atoms with E-state index < -0.39 is 0 Å². The van der Waals surface area contributed by atoms with Gasteiger partial charge in [-0.1, -0.05) is 6.58 Å². The number of benzene rings is 2. The fourth-order valence-electron chi connectivity index (χ4n) is 1.68. The molecule has 0 unspecified atom stereocenters. The molecule has 0 fully saturated rings. The van der Waals surface area contributed by atoms with Gasteiger partial charge in [-0.15, -0.1) is 0 Å². The monoisotopic (exact) mass is 410 g/mol. The normalized spacial score (nSPS) is 9.91. The number of nitrogens with one attached hydrogen (secondary N) is 2. The highest BCUT2D eigenvalue weighted by atomic mass is 127. The fourth-order valence-corrected chi connectivity index (χ4v) is 2.30. The van der Waals surface area contributed by atoms with Gasteiger partial charge in [0.2, 0.25) is 5.91 Å². The zero-order valence-corrected chi connectivity index (χ0v) is 13.6. The summed E-state index contributed by atoms with van der Waals surface area (Å²) in [5.74, 6) is -0.992. The van der Waals surface area contributed by atoms with Crippen molar-refractivity contribution >= 4 is 45.8 Å². The molecule has 0 radical (unpaired) electrons. The topological polar surface area (TPSA) is 58.2 Å². The molecule has 0 aliphatic rings. The zero-order valence-electron chi connectivity index (χ0n) is 11.4. The quantitative estimate of drug-likeness (QED) is 0.595. The number of carbonyl (C=O) groups is 2.